The zero-order chi connectivity index (χ0) is 26.7. The van der Waals surface area contributed by atoms with Crippen molar-refractivity contribution in [2.45, 2.75) is 44.6 Å². The zero-order valence-electron chi connectivity index (χ0n) is 20.1. The minimum Gasteiger partial charge on any atom is -0.475 e. The van der Waals surface area contributed by atoms with E-state index in [1.165, 1.54) is 0 Å². The van der Waals surface area contributed by atoms with Gasteiger partial charge in [-0.25, -0.2) is 9.78 Å². The van der Waals surface area contributed by atoms with Gasteiger partial charge in [-0.3, -0.25) is 4.79 Å². The Morgan fingerprint density at radius 3 is 2.46 bits per heavy atom. The molecule has 2 atom stereocenters. The third-order valence-electron chi connectivity index (χ3n) is 6.29. The molecule has 0 saturated carbocycles. The van der Waals surface area contributed by atoms with Gasteiger partial charge in [-0.15, -0.1) is 0 Å². The number of alkyl halides is 3. The Kier molecular flexibility index (Phi) is 7.65. The Hall–Kier alpha value is -3.70. The second kappa shape index (κ2) is 10.7. The third kappa shape index (κ3) is 5.52. The molecule has 1 aliphatic rings. The molecule has 4 aromatic rings. The highest BCUT2D eigenvalue weighted by molar-refractivity contribution is 5.96. The Labute approximate surface area is 210 Å². The number of aromatic nitrogens is 3. The standard InChI is InChI=1S/C24H26N4O2.C2HF3O2/c1-16(13-25)28-22-11-5-3-9-20(22)26-23(24(28)29)19-15-27(14-17-7-6-12-30-17)21-10-4-2-8-18(19)21;3-2(4,5)1(6)7/h2-5,8-11,15-17H,6-7,12-14,25H2,1H3;(H,6,7). The molecule has 0 bridgehead atoms. The summed E-state index contributed by atoms with van der Waals surface area (Å²) in [6.07, 6.45) is -0.642. The fraction of sp³-hybridized carbons (Fsp3) is 0.346. The number of fused-ring (bicyclic) bond motifs is 2. The van der Waals surface area contributed by atoms with E-state index in [9.17, 15) is 18.0 Å². The van der Waals surface area contributed by atoms with Crippen molar-refractivity contribution in [2.24, 2.45) is 5.73 Å². The van der Waals surface area contributed by atoms with E-state index < -0.39 is 12.1 Å². The highest BCUT2D eigenvalue weighted by atomic mass is 19.4. The van der Waals surface area contributed by atoms with Crippen LogP contribution in [-0.4, -0.2) is 50.6 Å². The maximum absolute atomic E-state index is 13.6. The summed E-state index contributed by atoms with van der Waals surface area (Å²) in [7, 11) is 0. The Bertz CT molecular complexity index is 1470. The van der Waals surface area contributed by atoms with Gasteiger partial charge in [0.1, 0.15) is 5.69 Å². The molecule has 5 rings (SSSR count). The van der Waals surface area contributed by atoms with Crippen molar-refractivity contribution < 1.29 is 27.8 Å². The second-order valence-corrected chi connectivity index (χ2v) is 8.86. The molecule has 3 heterocycles. The third-order valence-corrected chi connectivity index (χ3v) is 6.29. The van der Waals surface area contributed by atoms with Gasteiger partial charge < -0.3 is 24.7 Å². The molecule has 37 heavy (non-hydrogen) atoms. The number of benzene rings is 2. The summed E-state index contributed by atoms with van der Waals surface area (Å²) in [5.74, 6) is -2.76. The van der Waals surface area contributed by atoms with Gasteiger partial charge in [-0.1, -0.05) is 30.3 Å². The number of hydrogen-bond donors (Lipinski definition) is 2. The van der Waals surface area contributed by atoms with Crippen LogP contribution in [-0.2, 0) is 16.1 Å². The van der Waals surface area contributed by atoms with E-state index in [1.807, 2.05) is 43.3 Å². The predicted molar refractivity (Wildman–Crippen MR) is 133 cm³/mol. The van der Waals surface area contributed by atoms with E-state index in [-0.39, 0.29) is 17.7 Å². The van der Waals surface area contributed by atoms with Crippen molar-refractivity contribution in [1.82, 2.24) is 14.1 Å². The largest absolute Gasteiger partial charge is 0.490 e. The minimum absolute atomic E-state index is 0.105. The van der Waals surface area contributed by atoms with E-state index in [4.69, 9.17) is 25.4 Å². The van der Waals surface area contributed by atoms with Gasteiger partial charge in [0.25, 0.3) is 5.56 Å². The molecule has 2 aromatic carbocycles. The van der Waals surface area contributed by atoms with Crippen LogP contribution in [0.2, 0.25) is 0 Å². The molecule has 0 aliphatic carbocycles. The molecule has 1 aliphatic heterocycles. The van der Waals surface area contributed by atoms with Crippen LogP contribution in [0.25, 0.3) is 33.2 Å². The summed E-state index contributed by atoms with van der Waals surface area (Å²) in [5.41, 5.74) is 9.86. The van der Waals surface area contributed by atoms with Crippen LogP contribution in [0.5, 0.6) is 0 Å². The van der Waals surface area contributed by atoms with Crippen LogP contribution in [0.3, 0.4) is 0 Å². The molecule has 3 N–H and O–H groups in total. The molecule has 0 spiro atoms. The molecular formula is C26H27F3N4O4. The monoisotopic (exact) mass is 516 g/mol. The maximum Gasteiger partial charge on any atom is 0.490 e. The number of carboxylic acids is 1. The van der Waals surface area contributed by atoms with Crippen LogP contribution in [0.15, 0.2) is 59.5 Å². The molecule has 2 unspecified atom stereocenters. The van der Waals surface area contributed by atoms with Crippen molar-refractivity contribution in [1.29, 1.82) is 0 Å². The fourth-order valence-corrected chi connectivity index (χ4v) is 4.47. The summed E-state index contributed by atoms with van der Waals surface area (Å²) < 4.78 is 41.6. The summed E-state index contributed by atoms with van der Waals surface area (Å²) in [6, 6.07) is 15.8. The van der Waals surface area contributed by atoms with Gasteiger partial charge in [0.15, 0.2) is 0 Å². The van der Waals surface area contributed by atoms with Crippen molar-refractivity contribution >= 4 is 27.9 Å². The van der Waals surface area contributed by atoms with Gasteiger partial charge in [0.2, 0.25) is 0 Å². The van der Waals surface area contributed by atoms with Crippen molar-refractivity contribution in [3.63, 3.8) is 0 Å². The lowest BCUT2D eigenvalue weighted by molar-refractivity contribution is -0.192. The van der Waals surface area contributed by atoms with E-state index in [0.29, 0.717) is 12.2 Å². The number of hydrogen-bond acceptors (Lipinski definition) is 5. The van der Waals surface area contributed by atoms with Gasteiger partial charge in [0, 0.05) is 48.4 Å². The number of para-hydroxylation sites is 3. The highest BCUT2D eigenvalue weighted by Crippen LogP contribution is 2.30. The van der Waals surface area contributed by atoms with Gasteiger partial charge >= 0.3 is 12.1 Å². The van der Waals surface area contributed by atoms with Gasteiger partial charge in [0.05, 0.1) is 17.1 Å². The van der Waals surface area contributed by atoms with Crippen LogP contribution in [0.1, 0.15) is 25.8 Å². The normalized spacial score (nSPS) is 16.5. The molecule has 0 amide bonds. The molecular weight excluding hydrogens is 489 g/mol. The van der Waals surface area contributed by atoms with E-state index in [1.54, 1.807) is 4.57 Å². The highest BCUT2D eigenvalue weighted by Gasteiger charge is 2.38. The van der Waals surface area contributed by atoms with E-state index in [0.717, 1.165) is 53.5 Å². The number of ether oxygens (including phenoxy) is 1. The first kappa shape index (κ1) is 26.4. The molecule has 0 radical (unpaired) electrons. The van der Waals surface area contributed by atoms with E-state index >= 15 is 0 Å². The number of carboxylic acid groups (broad SMARTS) is 1. The first-order chi connectivity index (χ1) is 17.6. The molecule has 196 valence electrons. The number of nitrogens with zero attached hydrogens (tertiary/aromatic N) is 3. The summed E-state index contributed by atoms with van der Waals surface area (Å²) in [4.78, 5) is 27.3. The van der Waals surface area contributed by atoms with E-state index in [2.05, 4.69) is 22.9 Å². The lowest BCUT2D eigenvalue weighted by atomic mass is 10.1. The topological polar surface area (TPSA) is 112 Å². The van der Waals surface area contributed by atoms with Crippen LogP contribution in [0.4, 0.5) is 13.2 Å². The fourth-order valence-electron chi connectivity index (χ4n) is 4.47. The Balaban J connectivity index is 0.000000405. The van der Waals surface area contributed by atoms with Crippen LogP contribution >= 0.6 is 0 Å². The molecule has 1 saturated heterocycles. The van der Waals surface area contributed by atoms with Gasteiger partial charge in [-0.05, 0) is 38.0 Å². The molecule has 11 heteroatoms. The maximum atomic E-state index is 13.6. The van der Waals surface area contributed by atoms with Crippen molar-refractivity contribution in [2.75, 3.05) is 13.2 Å². The Morgan fingerprint density at radius 2 is 1.84 bits per heavy atom. The number of carbonyl (C=O) groups is 1. The smallest absolute Gasteiger partial charge is 0.475 e. The summed E-state index contributed by atoms with van der Waals surface area (Å²) in [6.45, 7) is 3.96. The Morgan fingerprint density at radius 1 is 1.19 bits per heavy atom. The van der Waals surface area contributed by atoms with Crippen LogP contribution < -0.4 is 11.3 Å². The predicted octanol–water partition coefficient (Wildman–Crippen LogP) is 4.35. The lowest BCUT2D eigenvalue weighted by Crippen LogP contribution is -2.30. The average molecular weight is 517 g/mol. The molecule has 1 fully saturated rings. The number of aliphatic carboxylic acids is 1. The minimum atomic E-state index is -5.08. The number of halogens is 3. The van der Waals surface area contributed by atoms with Crippen LogP contribution in [0, 0.1) is 0 Å². The van der Waals surface area contributed by atoms with Crippen molar-refractivity contribution in [3.8, 4) is 11.3 Å². The van der Waals surface area contributed by atoms with Gasteiger partial charge in [-0.2, -0.15) is 13.2 Å². The summed E-state index contributed by atoms with van der Waals surface area (Å²) >= 11 is 0. The first-order valence-corrected chi connectivity index (χ1v) is 11.8. The molecule has 8 nitrogen and oxygen atoms in total. The zero-order valence-corrected chi connectivity index (χ0v) is 20.1. The lowest BCUT2D eigenvalue weighted by Gasteiger charge is -2.17. The average Bonchev–Trinajstić information content (AvgIpc) is 3.51. The molecule has 2 aromatic heterocycles. The van der Waals surface area contributed by atoms with Crippen molar-refractivity contribution in [3.05, 3.63) is 65.1 Å². The quantitative estimate of drug-likeness (QED) is 0.408. The number of nitrogens with two attached hydrogens (primary N) is 1. The first-order valence-electron chi connectivity index (χ1n) is 11.8. The SMILES string of the molecule is CC(CN)n1c(=O)c(-c2cn(CC3CCCO3)c3ccccc23)nc2ccccc21.O=C(O)C(F)(F)F. The summed E-state index contributed by atoms with van der Waals surface area (Å²) in [5, 5.41) is 8.15. The second-order valence-electron chi connectivity index (χ2n) is 8.86. The number of rotatable bonds is 5.